The molecule has 0 aliphatic heterocycles. The van der Waals surface area contributed by atoms with E-state index in [1.807, 2.05) is 0 Å². The van der Waals surface area contributed by atoms with Gasteiger partial charge in [0.25, 0.3) is 0 Å². The molecular weight excluding hydrogens is 166 g/mol. The van der Waals surface area contributed by atoms with Gasteiger partial charge in [0.15, 0.2) is 0 Å². The van der Waals surface area contributed by atoms with Crippen LogP contribution in [0.1, 0.15) is 6.92 Å². The molecule has 0 heterocycles. The Morgan fingerprint density at radius 2 is 1.90 bits per heavy atom. The molecule has 6 heteroatoms. The molecule has 0 rings (SSSR count). The quantitative estimate of drug-likeness (QED) is 0.655. The number of hydrogen-bond acceptors (Lipinski definition) is 3. The van der Waals surface area contributed by atoms with Gasteiger partial charge in [-0.05, 0) is 0 Å². The second-order valence-corrected chi connectivity index (χ2v) is 4.10. The normalized spacial score (nSPS) is 13.6. The molecule has 10 heavy (non-hydrogen) atoms. The van der Waals surface area contributed by atoms with Crippen molar-refractivity contribution in [1.82, 2.24) is 0 Å². The zero-order valence-electron chi connectivity index (χ0n) is 5.34. The molecule has 0 unspecified atom stereocenters. The third kappa shape index (κ3) is 1.63. The molecule has 0 atom stereocenters. The van der Waals surface area contributed by atoms with Crippen LogP contribution in [0.3, 0.4) is 0 Å². The largest absolute Gasteiger partial charge is 0.389 e. The number of halogens is 2. The van der Waals surface area contributed by atoms with E-state index in [0.717, 1.165) is 6.92 Å². The maximum absolute atomic E-state index is 12.1. The van der Waals surface area contributed by atoms with E-state index >= 15 is 0 Å². The standard InChI is InChI=1S/C4H8F2O3S/c1-2-10(8,9)4(5,6)3-7/h7H,2-3H2,1H3. The zero-order valence-corrected chi connectivity index (χ0v) is 6.16. The van der Waals surface area contributed by atoms with Gasteiger partial charge >= 0.3 is 5.25 Å². The fourth-order valence-electron chi connectivity index (χ4n) is 0.310. The number of rotatable bonds is 3. The minimum absolute atomic E-state index is 0.666. The van der Waals surface area contributed by atoms with Gasteiger partial charge in [0.05, 0.1) is 5.75 Å². The highest BCUT2D eigenvalue weighted by Gasteiger charge is 2.42. The molecule has 0 aromatic rings. The molecule has 0 saturated heterocycles. The first-order valence-corrected chi connectivity index (χ1v) is 4.23. The van der Waals surface area contributed by atoms with E-state index < -0.39 is 27.5 Å². The van der Waals surface area contributed by atoms with E-state index in [1.54, 1.807) is 0 Å². The Morgan fingerprint density at radius 3 is 2.00 bits per heavy atom. The minimum Gasteiger partial charge on any atom is -0.389 e. The summed E-state index contributed by atoms with van der Waals surface area (Å²) in [6.45, 7) is -0.553. The van der Waals surface area contributed by atoms with Crippen molar-refractivity contribution in [2.45, 2.75) is 12.2 Å². The number of alkyl halides is 2. The Hall–Kier alpha value is -0.230. The van der Waals surface area contributed by atoms with Gasteiger partial charge < -0.3 is 5.11 Å². The molecule has 0 saturated carbocycles. The Morgan fingerprint density at radius 1 is 1.50 bits per heavy atom. The Balaban J connectivity index is 4.64. The van der Waals surface area contributed by atoms with E-state index in [0.29, 0.717) is 0 Å². The first-order chi connectivity index (χ1) is 4.37. The summed E-state index contributed by atoms with van der Waals surface area (Å²) in [4.78, 5) is 0. The molecular formula is C4H8F2O3S. The molecule has 0 amide bonds. The molecule has 3 nitrogen and oxygen atoms in total. The average molecular weight is 174 g/mol. The number of sulfone groups is 1. The van der Waals surface area contributed by atoms with E-state index in [4.69, 9.17) is 5.11 Å². The van der Waals surface area contributed by atoms with Crippen molar-refractivity contribution in [3.05, 3.63) is 0 Å². The van der Waals surface area contributed by atoms with Gasteiger partial charge in [-0.3, -0.25) is 0 Å². The molecule has 0 aliphatic carbocycles. The van der Waals surface area contributed by atoms with Crippen molar-refractivity contribution in [3.8, 4) is 0 Å². The van der Waals surface area contributed by atoms with E-state index in [-0.39, 0.29) is 0 Å². The highest BCUT2D eigenvalue weighted by molar-refractivity contribution is 7.92. The van der Waals surface area contributed by atoms with Crippen molar-refractivity contribution in [3.63, 3.8) is 0 Å². The Labute approximate surface area is 57.6 Å². The topological polar surface area (TPSA) is 54.4 Å². The first-order valence-electron chi connectivity index (χ1n) is 2.58. The summed E-state index contributed by atoms with van der Waals surface area (Å²) in [6, 6.07) is 0. The summed E-state index contributed by atoms with van der Waals surface area (Å²) < 4.78 is 44.9. The monoisotopic (exact) mass is 174 g/mol. The van der Waals surface area contributed by atoms with Crippen LogP contribution in [-0.4, -0.2) is 31.1 Å². The fourth-order valence-corrected chi connectivity index (χ4v) is 0.929. The van der Waals surface area contributed by atoms with Gasteiger partial charge in [0.2, 0.25) is 9.84 Å². The molecule has 0 radical (unpaired) electrons. The molecule has 0 aromatic carbocycles. The summed E-state index contributed by atoms with van der Waals surface area (Å²) in [5.41, 5.74) is 0. The second kappa shape index (κ2) is 2.79. The van der Waals surface area contributed by atoms with Crippen LogP contribution in [0.4, 0.5) is 8.78 Å². The maximum Gasteiger partial charge on any atom is 0.367 e. The van der Waals surface area contributed by atoms with Gasteiger partial charge in [-0.1, -0.05) is 6.92 Å². The van der Waals surface area contributed by atoms with Crippen molar-refractivity contribution in [2.75, 3.05) is 12.4 Å². The van der Waals surface area contributed by atoms with Crippen molar-refractivity contribution in [1.29, 1.82) is 0 Å². The third-order valence-corrected chi connectivity index (χ3v) is 2.82. The Bertz CT molecular complexity index is 197. The summed E-state index contributed by atoms with van der Waals surface area (Å²) in [5.74, 6) is -0.666. The van der Waals surface area contributed by atoms with Crippen molar-refractivity contribution in [2.24, 2.45) is 0 Å². The summed E-state index contributed by atoms with van der Waals surface area (Å²) in [6.07, 6.45) is 0. The van der Waals surface area contributed by atoms with Gasteiger partial charge in [0.1, 0.15) is 6.61 Å². The van der Waals surface area contributed by atoms with E-state index in [1.165, 1.54) is 0 Å². The summed E-state index contributed by atoms with van der Waals surface area (Å²) >= 11 is 0. The summed E-state index contributed by atoms with van der Waals surface area (Å²) in [7, 11) is -4.43. The predicted octanol–water partition coefficient (Wildman–Crippen LogP) is 0.00620. The van der Waals surface area contributed by atoms with Gasteiger partial charge in [-0.2, -0.15) is 8.78 Å². The SMILES string of the molecule is CCS(=O)(=O)C(F)(F)CO. The van der Waals surface area contributed by atoms with Crippen LogP contribution in [0.25, 0.3) is 0 Å². The molecule has 0 aromatic heterocycles. The Kier molecular flexibility index (Phi) is 2.73. The number of aliphatic hydroxyl groups is 1. The zero-order chi connectivity index (χ0) is 8.41. The van der Waals surface area contributed by atoms with Crippen LogP contribution in [0.15, 0.2) is 0 Å². The average Bonchev–Trinajstić information content (AvgIpc) is 1.88. The van der Waals surface area contributed by atoms with E-state index in [2.05, 4.69) is 0 Å². The van der Waals surface area contributed by atoms with Crippen LogP contribution < -0.4 is 0 Å². The van der Waals surface area contributed by atoms with Gasteiger partial charge in [0, 0.05) is 0 Å². The molecule has 0 bridgehead atoms. The van der Waals surface area contributed by atoms with Crippen LogP contribution in [-0.2, 0) is 9.84 Å². The highest BCUT2D eigenvalue weighted by Crippen LogP contribution is 2.20. The van der Waals surface area contributed by atoms with Gasteiger partial charge in [-0.25, -0.2) is 8.42 Å². The minimum atomic E-state index is -4.43. The highest BCUT2D eigenvalue weighted by atomic mass is 32.2. The van der Waals surface area contributed by atoms with E-state index in [9.17, 15) is 17.2 Å². The van der Waals surface area contributed by atoms with Crippen LogP contribution >= 0.6 is 0 Å². The lowest BCUT2D eigenvalue weighted by Gasteiger charge is -2.11. The molecule has 0 fully saturated rings. The lowest BCUT2D eigenvalue weighted by atomic mass is 10.8. The third-order valence-electron chi connectivity index (χ3n) is 1.02. The first kappa shape index (κ1) is 9.77. The summed E-state index contributed by atoms with van der Waals surface area (Å²) in [5, 5.41) is 3.95. The molecule has 0 aliphatic rings. The predicted molar refractivity (Wildman–Crippen MR) is 31.5 cm³/mol. The molecule has 62 valence electrons. The molecule has 1 N–H and O–H groups in total. The van der Waals surface area contributed by atoms with Crippen molar-refractivity contribution < 1.29 is 22.3 Å². The maximum atomic E-state index is 12.1. The van der Waals surface area contributed by atoms with Gasteiger partial charge in [-0.15, -0.1) is 0 Å². The fraction of sp³-hybridized carbons (Fsp3) is 1.00. The number of hydrogen-bond donors (Lipinski definition) is 1. The van der Waals surface area contributed by atoms with Crippen LogP contribution in [0, 0.1) is 0 Å². The lowest BCUT2D eigenvalue weighted by molar-refractivity contribution is 0.0264. The van der Waals surface area contributed by atoms with Crippen LogP contribution in [0.5, 0.6) is 0 Å². The number of aliphatic hydroxyl groups excluding tert-OH is 1. The van der Waals surface area contributed by atoms with Crippen molar-refractivity contribution >= 4 is 9.84 Å². The van der Waals surface area contributed by atoms with Crippen LogP contribution in [0.2, 0.25) is 0 Å². The second-order valence-electron chi connectivity index (χ2n) is 1.70. The molecule has 0 spiro atoms. The lowest BCUT2D eigenvalue weighted by Crippen LogP contribution is -2.33. The smallest absolute Gasteiger partial charge is 0.367 e.